The highest BCUT2D eigenvalue weighted by atomic mass is 16.5. The number of carboxylic acids is 1. The van der Waals surface area contributed by atoms with Gasteiger partial charge in [-0.2, -0.15) is 0 Å². The number of pyridine rings is 1. The van der Waals surface area contributed by atoms with Gasteiger partial charge in [-0.05, 0) is 30.9 Å². The molecule has 7 nitrogen and oxygen atoms in total. The molecule has 3 rings (SSSR count). The fourth-order valence-corrected chi connectivity index (χ4v) is 3.66. The zero-order valence-corrected chi connectivity index (χ0v) is 17.9. The Kier molecular flexibility index (Phi) is 6.82. The van der Waals surface area contributed by atoms with Crippen LogP contribution < -0.4 is 14.9 Å². The fraction of sp³-hybridized carbons (Fsp3) is 0.478. The molecule has 0 radical (unpaired) electrons. The maximum atomic E-state index is 12.5. The maximum Gasteiger partial charge on any atom is 0.341 e. The number of nitrogens with zero attached hydrogens (tertiary/aromatic N) is 1. The lowest BCUT2D eigenvalue weighted by Gasteiger charge is -2.24. The van der Waals surface area contributed by atoms with Crippen LogP contribution in [0.2, 0.25) is 0 Å². The van der Waals surface area contributed by atoms with Gasteiger partial charge in [0.25, 0.3) is 0 Å². The Morgan fingerprint density at radius 1 is 1.27 bits per heavy atom. The molecule has 1 aromatic heterocycles. The van der Waals surface area contributed by atoms with Crippen LogP contribution in [0.5, 0.6) is 11.5 Å². The summed E-state index contributed by atoms with van der Waals surface area (Å²) in [4.78, 5) is 24.0. The van der Waals surface area contributed by atoms with Gasteiger partial charge < -0.3 is 23.9 Å². The van der Waals surface area contributed by atoms with Gasteiger partial charge in [-0.15, -0.1) is 0 Å². The molecular weight excluding hydrogens is 386 g/mol. The summed E-state index contributed by atoms with van der Waals surface area (Å²) in [5.74, 6) is 0.304. The lowest BCUT2D eigenvalue weighted by molar-refractivity contribution is 0.0694. The molecule has 1 aliphatic rings. The van der Waals surface area contributed by atoms with E-state index in [1.165, 1.54) is 12.3 Å². The van der Waals surface area contributed by atoms with E-state index in [0.717, 1.165) is 23.3 Å². The van der Waals surface area contributed by atoms with Crippen LogP contribution in [0.4, 0.5) is 0 Å². The molecular formula is C23H29NO6. The minimum atomic E-state index is -1.23. The molecule has 0 saturated carbocycles. The largest absolute Gasteiger partial charge is 0.491 e. The molecule has 0 amide bonds. The van der Waals surface area contributed by atoms with E-state index in [-0.39, 0.29) is 17.5 Å². The maximum absolute atomic E-state index is 12.5. The molecule has 0 saturated heterocycles. The Balaban J connectivity index is 2.13. The summed E-state index contributed by atoms with van der Waals surface area (Å²) >= 11 is 0. The molecule has 1 aromatic carbocycles. The van der Waals surface area contributed by atoms with Crippen LogP contribution in [-0.4, -0.2) is 42.1 Å². The lowest BCUT2D eigenvalue weighted by Crippen LogP contribution is -2.25. The molecule has 1 atom stereocenters. The molecule has 0 bridgehead atoms. The van der Waals surface area contributed by atoms with Gasteiger partial charge in [0.2, 0.25) is 0 Å². The Morgan fingerprint density at radius 2 is 2.03 bits per heavy atom. The van der Waals surface area contributed by atoms with E-state index in [1.807, 2.05) is 44.4 Å². The third-order valence-electron chi connectivity index (χ3n) is 5.36. The summed E-state index contributed by atoms with van der Waals surface area (Å²) in [6.07, 6.45) is 2.18. The standard InChI is InChI=1S/C23H29NO6/c1-5-15-9-16-18-10-20(25)17(23(26)27)12-24(18)19(14(3)4)13-30-22(16)11-21(15)29-8-7-28-6-2/h9-12,14,19H,5-8,13H2,1-4H3,(H,26,27)/t19-/m0/s1. The quantitative estimate of drug-likeness (QED) is 0.660. The molecule has 162 valence electrons. The van der Waals surface area contributed by atoms with Crippen LogP contribution in [0.3, 0.4) is 0 Å². The zero-order chi connectivity index (χ0) is 21.8. The van der Waals surface area contributed by atoms with Crippen LogP contribution >= 0.6 is 0 Å². The first-order valence-electron chi connectivity index (χ1n) is 10.4. The van der Waals surface area contributed by atoms with Crippen LogP contribution in [0, 0.1) is 5.92 Å². The molecule has 30 heavy (non-hydrogen) atoms. The molecule has 0 spiro atoms. The van der Waals surface area contributed by atoms with Crippen molar-refractivity contribution in [2.24, 2.45) is 5.92 Å². The van der Waals surface area contributed by atoms with Gasteiger partial charge in [0.05, 0.1) is 18.3 Å². The summed E-state index contributed by atoms with van der Waals surface area (Å²) in [5.41, 5.74) is 1.66. The predicted octanol–water partition coefficient (Wildman–Crippen LogP) is 3.78. The molecule has 1 N–H and O–H groups in total. The summed E-state index contributed by atoms with van der Waals surface area (Å²) < 4.78 is 19.3. The van der Waals surface area contributed by atoms with Crippen molar-refractivity contribution in [1.82, 2.24) is 4.57 Å². The van der Waals surface area contributed by atoms with Crippen molar-refractivity contribution in [2.45, 2.75) is 40.2 Å². The number of hydrogen-bond acceptors (Lipinski definition) is 5. The van der Waals surface area contributed by atoms with Crippen LogP contribution in [0.15, 0.2) is 29.2 Å². The summed E-state index contributed by atoms with van der Waals surface area (Å²) in [6, 6.07) is 5.13. The monoisotopic (exact) mass is 415 g/mol. The average molecular weight is 415 g/mol. The third-order valence-corrected chi connectivity index (χ3v) is 5.36. The summed E-state index contributed by atoms with van der Waals surface area (Å²) in [6.45, 7) is 10.0. The molecule has 2 aromatic rings. The first-order chi connectivity index (χ1) is 14.4. The highest BCUT2D eigenvalue weighted by Gasteiger charge is 2.27. The Labute approximate surface area is 176 Å². The number of aryl methyl sites for hydroxylation is 1. The van der Waals surface area contributed by atoms with Gasteiger partial charge in [0.15, 0.2) is 5.43 Å². The first-order valence-corrected chi connectivity index (χ1v) is 10.4. The summed E-state index contributed by atoms with van der Waals surface area (Å²) in [5, 5.41) is 9.43. The number of ether oxygens (including phenoxy) is 3. The summed E-state index contributed by atoms with van der Waals surface area (Å²) in [7, 11) is 0. The second-order valence-electron chi connectivity index (χ2n) is 7.63. The SMILES string of the molecule is CCOCCOc1cc2c(cc1CC)-c1cc(=O)c(C(=O)O)cn1[C@H](C(C)C)CO2. The van der Waals surface area contributed by atoms with Gasteiger partial charge in [-0.3, -0.25) is 4.79 Å². The molecule has 0 aliphatic carbocycles. The Morgan fingerprint density at radius 3 is 2.67 bits per heavy atom. The fourth-order valence-electron chi connectivity index (χ4n) is 3.66. The van der Waals surface area contributed by atoms with Gasteiger partial charge >= 0.3 is 5.97 Å². The molecule has 2 heterocycles. The topological polar surface area (TPSA) is 87.0 Å². The molecule has 1 aliphatic heterocycles. The predicted molar refractivity (Wildman–Crippen MR) is 114 cm³/mol. The van der Waals surface area contributed by atoms with E-state index in [9.17, 15) is 14.7 Å². The minimum Gasteiger partial charge on any atom is -0.491 e. The minimum absolute atomic E-state index is 0.113. The van der Waals surface area contributed by atoms with Crippen LogP contribution in [0.25, 0.3) is 11.3 Å². The van der Waals surface area contributed by atoms with Crippen molar-refractivity contribution >= 4 is 5.97 Å². The number of carboxylic acid groups (broad SMARTS) is 1. The third kappa shape index (κ3) is 4.36. The van der Waals surface area contributed by atoms with Crippen LogP contribution in [0.1, 0.15) is 49.7 Å². The molecule has 0 unspecified atom stereocenters. The van der Waals surface area contributed by atoms with Crippen LogP contribution in [-0.2, 0) is 11.2 Å². The highest BCUT2D eigenvalue weighted by Crippen LogP contribution is 2.40. The second kappa shape index (κ2) is 9.34. The highest BCUT2D eigenvalue weighted by molar-refractivity contribution is 5.87. The van der Waals surface area contributed by atoms with E-state index >= 15 is 0 Å². The number of hydrogen-bond donors (Lipinski definition) is 1. The van der Waals surface area contributed by atoms with E-state index in [2.05, 4.69) is 0 Å². The number of rotatable bonds is 8. The number of aromatic carboxylic acids is 1. The Hall–Kier alpha value is -2.80. The average Bonchev–Trinajstić information content (AvgIpc) is 2.86. The van der Waals surface area contributed by atoms with Crippen molar-refractivity contribution in [1.29, 1.82) is 0 Å². The van der Waals surface area contributed by atoms with Crippen molar-refractivity contribution < 1.29 is 24.1 Å². The number of benzene rings is 1. The zero-order valence-electron chi connectivity index (χ0n) is 17.9. The van der Waals surface area contributed by atoms with Gasteiger partial charge in [0, 0.05) is 30.5 Å². The molecule has 0 fully saturated rings. The number of fused-ring (bicyclic) bond motifs is 3. The van der Waals surface area contributed by atoms with Crippen molar-refractivity contribution in [3.63, 3.8) is 0 Å². The van der Waals surface area contributed by atoms with E-state index in [0.29, 0.717) is 37.9 Å². The van der Waals surface area contributed by atoms with Crippen molar-refractivity contribution in [3.8, 4) is 22.8 Å². The number of aromatic nitrogens is 1. The second-order valence-corrected chi connectivity index (χ2v) is 7.63. The van der Waals surface area contributed by atoms with Gasteiger partial charge in [-0.25, -0.2) is 4.79 Å². The van der Waals surface area contributed by atoms with E-state index in [1.54, 1.807) is 0 Å². The van der Waals surface area contributed by atoms with Crippen molar-refractivity contribution in [2.75, 3.05) is 26.4 Å². The first kappa shape index (κ1) is 21.9. The number of carbonyl (C=O) groups is 1. The smallest absolute Gasteiger partial charge is 0.341 e. The van der Waals surface area contributed by atoms with E-state index < -0.39 is 11.4 Å². The van der Waals surface area contributed by atoms with E-state index in [4.69, 9.17) is 14.2 Å². The normalized spacial score (nSPS) is 15.2. The lowest BCUT2D eigenvalue weighted by atomic mass is 10.0. The Bertz CT molecular complexity index is 978. The van der Waals surface area contributed by atoms with Crippen molar-refractivity contribution in [3.05, 3.63) is 45.7 Å². The molecule has 7 heteroatoms. The van der Waals surface area contributed by atoms with Gasteiger partial charge in [0.1, 0.15) is 30.3 Å². The van der Waals surface area contributed by atoms with Gasteiger partial charge in [-0.1, -0.05) is 20.8 Å².